The van der Waals surface area contributed by atoms with Crippen molar-refractivity contribution in [2.24, 2.45) is 5.10 Å². The van der Waals surface area contributed by atoms with Gasteiger partial charge in [-0.25, -0.2) is 4.98 Å². The molecule has 0 aliphatic carbocycles. The highest BCUT2D eigenvalue weighted by molar-refractivity contribution is 9.10. The normalized spacial score (nSPS) is 10.9. The third-order valence-corrected chi connectivity index (χ3v) is 5.16. The van der Waals surface area contributed by atoms with Crippen LogP contribution in [0.5, 0.6) is 17.2 Å². The van der Waals surface area contributed by atoms with E-state index >= 15 is 0 Å². The lowest BCUT2D eigenvalue weighted by molar-refractivity contribution is 0.372. The van der Waals surface area contributed by atoms with Crippen LogP contribution in [0.4, 0.5) is 5.13 Å². The van der Waals surface area contributed by atoms with Gasteiger partial charge in [0.25, 0.3) is 0 Å². The summed E-state index contributed by atoms with van der Waals surface area (Å²) >= 11 is 4.77. The standard InChI is InChI=1S/C18H16BrN3O3S/c1-24-14-6-4-3-5-12(14)13-10-26-18(21-13)22-20-9-11-7-8-15(25-2)17(23)16(11)19/h3-10,23H,1-2H3,(H,21,22)/b20-9-. The van der Waals surface area contributed by atoms with Gasteiger partial charge in [-0.3, -0.25) is 5.43 Å². The number of hydrogen-bond acceptors (Lipinski definition) is 7. The van der Waals surface area contributed by atoms with Crippen LogP contribution in [-0.4, -0.2) is 30.5 Å². The fourth-order valence-corrected chi connectivity index (χ4v) is 3.38. The second-order valence-corrected chi connectivity index (χ2v) is 6.78. The Bertz CT molecular complexity index is 943. The van der Waals surface area contributed by atoms with Gasteiger partial charge in [-0.2, -0.15) is 5.10 Å². The number of nitrogens with one attached hydrogen (secondary N) is 1. The number of benzene rings is 2. The van der Waals surface area contributed by atoms with Crippen molar-refractivity contribution in [3.05, 3.63) is 51.8 Å². The number of ether oxygens (including phenoxy) is 2. The lowest BCUT2D eigenvalue weighted by Crippen LogP contribution is -1.93. The van der Waals surface area contributed by atoms with Crippen molar-refractivity contribution in [3.63, 3.8) is 0 Å². The molecule has 0 aliphatic heterocycles. The van der Waals surface area contributed by atoms with Gasteiger partial charge in [0, 0.05) is 16.5 Å². The zero-order valence-electron chi connectivity index (χ0n) is 14.1. The van der Waals surface area contributed by atoms with Gasteiger partial charge in [-0.1, -0.05) is 12.1 Å². The number of phenolic OH excluding ortho intramolecular Hbond substituents is 1. The first-order valence-electron chi connectivity index (χ1n) is 7.57. The average molecular weight is 434 g/mol. The summed E-state index contributed by atoms with van der Waals surface area (Å²) < 4.78 is 10.9. The Morgan fingerprint density at radius 1 is 1.15 bits per heavy atom. The molecule has 2 aromatic carbocycles. The quantitative estimate of drug-likeness (QED) is 0.433. The van der Waals surface area contributed by atoms with E-state index in [0.717, 1.165) is 17.0 Å². The van der Waals surface area contributed by atoms with Crippen molar-refractivity contribution in [2.45, 2.75) is 0 Å². The fraction of sp³-hybridized carbons (Fsp3) is 0.111. The first kappa shape index (κ1) is 18.2. The van der Waals surface area contributed by atoms with E-state index in [0.29, 0.717) is 20.9 Å². The molecule has 0 fully saturated rings. The van der Waals surface area contributed by atoms with E-state index in [1.54, 1.807) is 25.5 Å². The van der Waals surface area contributed by atoms with Gasteiger partial charge in [-0.05, 0) is 40.2 Å². The van der Waals surface area contributed by atoms with E-state index in [1.807, 2.05) is 29.6 Å². The molecule has 0 aliphatic rings. The van der Waals surface area contributed by atoms with Crippen LogP contribution >= 0.6 is 27.3 Å². The summed E-state index contributed by atoms with van der Waals surface area (Å²) in [6.07, 6.45) is 1.59. The van der Waals surface area contributed by atoms with Gasteiger partial charge in [0.1, 0.15) is 5.75 Å². The van der Waals surface area contributed by atoms with Crippen LogP contribution < -0.4 is 14.9 Å². The maximum atomic E-state index is 10.00. The van der Waals surface area contributed by atoms with E-state index < -0.39 is 0 Å². The molecule has 8 heteroatoms. The highest BCUT2D eigenvalue weighted by atomic mass is 79.9. The molecular formula is C18H16BrN3O3S. The van der Waals surface area contributed by atoms with Gasteiger partial charge in [-0.15, -0.1) is 11.3 Å². The molecule has 0 saturated carbocycles. The van der Waals surface area contributed by atoms with E-state index in [1.165, 1.54) is 18.4 Å². The number of aromatic hydroxyl groups is 1. The van der Waals surface area contributed by atoms with Crippen molar-refractivity contribution in [1.29, 1.82) is 0 Å². The largest absolute Gasteiger partial charge is 0.503 e. The van der Waals surface area contributed by atoms with Crippen LogP contribution in [0.25, 0.3) is 11.3 Å². The Morgan fingerprint density at radius 3 is 2.69 bits per heavy atom. The van der Waals surface area contributed by atoms with E-state index in [-0.39, 0.29) is 5.75 Å². The molecule has 3 rings (SSSR count). The minimum absolute atomic E-state index is 0.0316. The maximum absolute atomic E-state index is 10.00. The summed E-state index contributed by atoms with van der Waals surface area (Å²) in [5.41, 5.74) is 5.34. The van der Waals surface area contributed by atoms with Crippen LogP contribution in [0.2, 0.25) is 0 Å². The summed E-state index contributed by atoms with van der Waals surface area (Å²) in [6, 6.07) is 11.2. The number of halogens is 1. The Hall–Kier alpha value is -2.58. The second kappa shape index (κ2) is 8.20. The van der Waals surface area contributed by atoms with Crippen molar-refractivity contribution < 1.29 is 14.6 Å². The van der Waals surface area contributed by atoms with Gasteiger partial charge >= 0.3 is 0 Å². The third kappa shape index (κ3) is 3.81. The van der Waals surface area contributed by atoms with Crippen LogP contribution in [0, 0.1) is 0 Å². The predicted octanol–water partition coefficient (Wildman–Crippen LogP) is 4.74. The number of aromatic nitrogens is 1. The number of para-hydroxylation sites is 1. The average Bonchev–Trinajstić information content (AvgIpc) is 3.14. The number of thiazole rings is 1. The zero-order valence-corrected chi connectivity index (χ0v) is 16.5. The molecule has 134 valence electrons. The molecule has 6 nitrogen and oxygen atoms in total. The number of methoxy groups -OCH3 is 2. The number of hydrazone groups is 1. The Kier molecular flexibility index (Phi) is 5.75. The molecule has 0 amide bonds. The highest BCUT2D eigenvalue weighted by Gasteiger charge is 2.10. The Labute approximate surface area is 163 Å². The van der Waals surface area contributed by atoms with Gasteiger partial charge in [0.05, 0.1) is 30.6 Å². The lowest BCUT2D eigenvalue weighted by Gasteiger charge is -2.06. The van der Waals surface area contributed by atoms with Crippen LogP contribution in [0.15, 0.2) is 51.4 Å². The van der Waals surface area contributed by atoms with Crippen molar-refractivity contribution >= 4 is 38.6 Å². The minimum atomic E-state index is 0.0316. The van der Waals surface area contributed by atoms with Crippen molar-refractivity contribution in [2.75, 3.05) is 19.6 Å². The molecule has 3 aromatic rings. The number of phenols is 1. The summed E-state index contributed by atoms with van der Waals surface area (Å²) in [7, 11) is 3.13. The third-order valence-electron chi connectivity index (χ3n) is 3.58. The number of rotatable bonds is 6. The Balaban J connectivity index is 1.74. The molecule has 0 radical (unpaired) electrons. The number of nitrogens with zero attached hydrogens (tertiary/aromatic N) is 2. The first-order chi connectivity index (χ1) is 12.6. The van der Waals surface area contributed by atoms with E-state index in [2.05, 4.69) is 31.4 Å². The Morgan fingerprint density at radius 2 is 1.92 bits per heavy atom. The summed E-state index contributed by atoms with van der Waals surface area (Å²) in [5.74, 6) is 1.19. The van der Waals surface area contributed by atoms with Crippen LogP contribution in [0.1, 0.15) is 5.56 Å². The van der Waals surface area contributed by atoms with E-state index in [4.69, 9.17) is 9.47 Å². The van der Waals surface area contributed by atoms with Gasteiger partial charge in [0.2, 0.25) is 5.13 Å². The molecule has 2 N–H and O–H groups in total. The van der Waals surface area contributed by atoms with Gasteiger partial charge in [0.15, 0.2) is 11.5 Å². The smallest absolute Gasteiger partial charge is 0.203 e. The maximum Gasteiger partial charge on any atom is 0.203 e. The molecule has 1 aromatic heterocycles. The summed E-state index contributed by atoms with van der Waals surface area (Å²) in [4.78, 5) is 4.52. The monoisotopic (exact) mass is 433 g/mol. The SMILES string of the molecule is COc1ccccc1-c1csc(N/N=C\c2ccc(OC)c(O)c2Br)n1. The second-order valence-electron chi connectivity index (χ2n) is 5.13. The van der Waals surface area contributed by atoms with Gasteiger partial charge < -0.3 is 14.6 Å². The molecule has 0 bridgehead atoms. The number of hydrogen-bond donors (Lipinski definition) is 2. The molecule has 0 atom stereocenters. The van der Waals surface area contributed by atoms with Crippen molar-refractivity contribution in [3.8, 4) is 28.5 Å². The highest BCUT2D eigenvalue weighted by Crippen LogP contribution is 2.36. The summed E-state index contributed by atoms with van der Waals surface area (Å²) in [5, 5.41) is 16.8. The molecule has 1 heterocycles. The summed E-state index contributed by atoms with van der Waals surface area (Å²) in [6.45, 7) is 0. The predicted molar refractivity (Wildman–Crippen MR) is 108 cm³/mol. The number of anilines is 1. The molecule has 26 heavy (non-hydrogen) atoms. The van der Waals surface area contributed by atoms with Crippen LogP contribution in [-0.2, 0) is 0 Å². The zero-order chi connectivity index (χ0) is 18.5. The molecular weight excluding hydrogens is 418 g/mol. The molecule has 0 spiro atoms. The first-order valence-corrected chi connectivity index (χ1v) is 9.24. The molecule has 0 unspecified atom stereocenters. The lowest BCUT2D eigenvalue weighted by atomic mass is 10.1. The molecule has 0 saturated heterocycles. The minimum Gasteiger partial charge on any atom is -0.503 e. The fourth-order valence-electron chi connectivity index (χ4n) is 2.29. The van der Waals surface area contributed by atoms with Crippen LogP contribution in [0.3, 0.4) is 0 Å². The van der Waals surface area contributed by atoms with E-state index in [9.17, 15) is 5.11 Å². The topological polar surface area (TPSA) is 76.0 Å². The van der Waals surface area contributed by atoms with Crippen molar-refractivity contribution in [1.82, 2.24) is 4.98 Å².